The van der Waals surface area contributed by atoms with Gasteiger partial charge < -0.3 is 14.9 Å². The standard InChI is InChI=1S/C12H12N2O4/c1-2-8(18-12(13)16)10(15)11-14-7-5-3-4-6-9(7)17-11/h3-6,8H,2H2,1H3,(H2,13,16)/t8-/m0/s1. The quantitative estimate of drug-likeness (QED) is 0.833. The van der Waals surface area contributed by atoms with Crippen LogP contribution in [0.4, 0.5) is 4.79 Å². The second-order valence-corrected chi connectivity index (χ2v) is 3.68. The molecular weight excluding hydrogens is 236 g/mol. The Kier molecular flexibility index (Phi) is 3.27. The van der Waals surface area contributed by atoms with Crippen molar-refractivity contribution in [1.82, 2.24) is 4.98 Å². The molecule has 1 amide bonds. The maximum atomic E-state index is 12.0. The van der Waals surface area contributed by atoms with Crippen molar-refractivity contribution in [2.75, 3.05) is 0 Å². The number of para-hydroxylation sites is 2. The molecule has 0 aliphatic carbocycles. The maximum absolute atomic E-state index is 12.0. The Balaban J connectivity index is 2.29. The molecule has 0 unspecified atom stereocenters. The molecule has 1 aromatic heterocycles. The lowest BCUT2D eigenvalue weighted by Crippen LogP contribution is -2.29. The van der Waals surface area contributed by atoms with E-state index in [1.165, 1.54) is 0 Å². The predicted molar refractivity (Wildman–Crippen MR) is 63.1 cm³/mol. The van der Waals surface area contributed by atoms with Crippen LogP contribution in [0.15, 0.2) is 28.7 Å². The van der Waals surface area contributed by atoms with Gasteiger partial charge in [-0.25, -0.2) is 9.78 Å². The van der Waals surface area contributed by atoms with E-state index < -0.39 is 18.0 Å². The van der Waals surface area contributed by atoms with Crippen molar-refractivity contribution in [3.05, 3.63) is 30.2 Å². The summed E-state index contributed by atoms with van der Waals surface area (Å²) in [5.41, 5.74) is 5.98. The van der Waals surface area contributed by atoms with E-state index in [9.17, 15) is 9.59 Å². The summed E-state index contributed by atoms with van der Waals surface area (Å²) >= 11 is 0. The molecule has 1 heterocycles. The van der Waals surface area contributed by atoms with Gasteiger partial charge in [-0.05, 0) is 18.6 Å². The van der Waals surface area contributed by atoms with Gasteiger partial charge in [-0.1, -0.05) is 19.1 Å². The Bertz CT molecular complexity index is 558. The van der Waals surface area contributed by atoms with Crippen LogP contribution in [-0.2, 0) is 4.74 Å². The zero-order chi connectivity index (χ0) is 13.1. The average molecular weight is 248 g/mol. The highest BCUT2D eigenvalue weighted by atomic mass is 16.6. The third-order valence-corrected chi connectivity index (χ3v) is 2.43. The summed E-state index contributed by atoms with van der Waals surface area (Å²) in [6.45, 7) is 1.70. The van der Waals surface area contributed by atoms with Gasteiger partial charge in [0.2, 0.25) is 0 Å². The third kappa shape index (κ3) is 2.32. The van der Waals surface area contributed by atoms with Crippen molar-refractivity contribution in [3.63, 3.8) is 0 Å². The molecule has 2 aromatic rings. The fourth-order valence-electron chi connectivity index (χ4n) is 1.58. The van der Waals surface area contributed by atoms with Crippen LogP contribution >= 0.6 is 0 Å². The topological polar surface area (TPSA) is 95.4 Å². The van der Waals surface area contributed by atoms with Gasteiger partial charge in [0.15, 0.2) is 11.7 Å². The van der Waals surface area contributed by atoms with E-state index >= 15 is 0 Å². The number of carbonyl (C=O) groups is 2. The van der Waals surface area contributed by atoms with E-state index in [1.807, 2.05) is 0 Å². The van der Waals surface area contributed by atoms with Crippen molar-refractivity contribution in [1.29, 1.82) is 0 Å². The van der Waals surface area contributed by atoms with Crippen LogP contribution < -0.4 is 5.73 Å². The normalized spacial score (nSPS) is 12.3. The number of oxazole rings is 1. The molecule has 94 valence electrons. The summed E-state index contributed by atoms with van der Waals surface area (Å²) in [7, 11) is 0. The molecule has 1 aromatic carbocycles. The highest BCUT2D eigenvalue weighted by Crippen LogP contribution is 2.17. The highest BCUT2D eigenvalue weighted by Gasteiger charge is 2.26. The molecule has 6 heteroatoms. The van der Waals surface area contributed by atoms with Gasteiger partial charge >= 0.3 is 6.09 Å². The minimum Gasteiger partial charge on any atom is -0.438 e. The van der Waals surface area contributed by atoms with E-state index in [1.54, 1.807) is 31.2 Å². The summed E-state index contributed by atoms with van der Waals surface area (Å²) in [5.74, 6) is -0.572. The fraction of sp³-hybridized carbons (Fsp3) is 0.250. The predicted octanol–water partition coefficient (Wildman–Crippen LogP) is 1.88. The number of primary amides is 1. The summed E-state index contributed by atoms with van der Waals surface area (Å²) in [5, 5.41) is 0. The lowest BCUT2D eigenvalue weighted by molar-refractivity contribution is 0.0616. The van der Waals surface area contributed by atoms with Crippen LogP contribution in [0.1, 0.15) is 24.0 Å². The first-order valence-corrected chi connectivity index (χ1v) is 5.47. The summed E-state index contributed by atoms with van der Waals surface area (Å²) in [6, 6.07) is 7.00. The minimum atomic E-state index is -0.994. The molecule has 18 heavy (non-hydrogen) atoms. The number of fused-ring (bicyclic) bond motifs is 1. The average Bonchev–Trinajstić information content (AvgIpc) is 2.78. The van der Waals surface area contributed by atoms with E-state index in [0.29, 0.717) is 17.5 Å². The molecule has 1 atom stereocenters. The molecule has 0 radical (unpaired) electrons. The first-order valence-electron chi connectivity index (χ1n) is 5.47. The molecule has 2 N–H and O–H groups in total. The number of ketones is 1. The zero-order valence-corrected chi connectivity index (χ0v) is 9.75. The van der Waals surface area contributed by atoms with Gasteiger partial charge in [0.25, 0.3) is 11.7 Å². The maximum Gasteiger partial charge on any atom is 0.405 e. The van der Waals surface area contributed by atoms with Gasteiger partial charge in [-0.2, -0.15) is 0 Å². The van der Waals surface area contributed by atoms with Gasteiger partial charge in [-0.15, -0.1) is 0 Å². The Hall–Kier alpha value is -2.37. The van der Waals surface area contributed by atoms with Crippen molar-refractivity contribution in [2.24, 2.45) is 5.73 Å². The van der Waals surface area contributed by atoms with Crippen LogP contribution in [0, 0.1) is 0 Å². The van der Waals surface area contributed by atoms with Gasteiger partial charge in [-0.3, -0.25) is 4.79 Å². The third-order valence-electron chi connectivity index (χ3n) is 2.43. The first kappa shape index (κ1) is 12.1. The Morgan fingerprint density at radius 1 is 1.44 bits per heavy atom. The van der Waals surface area contributed by atoms with Crippen LogP contribution in [-0.4, -0.2) is 23.0 Å². The number of hydrogen-bond acceptors (Lipinski definition) is 5. The van der Waals surface area contributed by atoms with Crippen LogP contribution in [0.25, 0.3) is 11.1 Å². The number of hydrogen-bond donors (Lipinski definition) is 1. The summed E-state index contributed by atoms with van der Waals surface area (Å²) in [4.78, 5) is 26.7. The molecule has 2 rings (SSSR count). The van der Waals surface area contributed by atoms with Crippen LogP contribution in [0.2, 0.25) is 0 Å². The van der Waals surface area contributed by atoms with E-state index in [-0.39, 0.29) is 5.89 Å². The lowest BCUT2D eigenvalue weighted by Gasteiger charge is -2.10. The number of Topliss-reactive ketones (excluding diaryl/α,β-unsaturated/α-hetero) is 1. The second kappa shape index (κ2) is 4.87. The lowest BCUT2D eigenvalue weighted by atomic mass is 10.2. The summed E-state index contributed by atoms with van der Waals surface area (Å²) < 4.78 is 10.0. The molecule has 0 fully saturated rings. The van der Waals surface area contributed by atoms with Crippen molar-refractivity contribution in [3.8, 4) is 0 Å². The Morgan fingerprint density at radius 3 is 2.78 bits per heavy atom. The smallest absolute Gasteiger partial charge is 0.405 e. The fourth-order valence-corrected chi connectivity index (χ4v) is 1.58. The number of benzene rings is 1. The molecule has 6 nitrogen and oxygen atoms in total. The van der Waals surface area contributed by atoms with E-state index in [4.69, 9.17) is 14.9 Å². The second-order valence-electron chi connectivity index (χ2n) is 3.68. The number of amides is 1. The number of nitrogens with zero attached hydrogens (tertiary/aromatic N) is 1. The van der Waals surface area contributed by atoms with E-state index in [2.05, 4.69) is 4.98 Å². The van der Waals surface area contributed by atoms with Crippen LogP contribution in [0.5, 0.6) is 0 Å². The monoisotopic (exact) mass is 248 g/mol. The molecule has 0 aliphatic heterocycles. The number of ether oxygens (including phenoxy) is 1. The van der Waals surface area contributed by atoms with Gasteiger partial charge in [0.05, 0.1) is 0 Å². The van der Waals surface area contributed by atoms with Crippen molar-refractivity contribution >= 4 is 23.0 Å². The van der Waals surface area contributed by atoms with Gasteiger partial charge in [0.1, 0.15) is 5.52 Å². The number of rotatable bonds is 4. The van der Waals surface area contributed by atoms with Crippen molar-refractivity contribution in [2.45, 2.75) is 19.4 Å². The van der Waals surface area contributed by atoms with E-state index in [0.717, 1.165) is 0 Å². The molecule has 0 saturated carbocycles. The summed E-state index contributed by atoms with van der Waals surface area (Å²) in [6.07, 6.45) is -1.65. The molecule has 0 saturated heterocycles. The zero-order valence-electron chi connectivity index (χ0n) is 9.75. The minimum absolute atomic E-state index is 0.0794. The Morgan fingerprint density at radius 2 is 2.17 bits per heavy atom. The molecule has 0 bridgehead atoms. The Labute approximate surface area is 103 Å². The number of nitrogens with two attached hydrogens (primary N) is 1. The highest BCUT2D eigenvalue weighted by molar-refractivity contribution is 5.98. The first-order chi connectivity index (χ1) is 8.61. The molecule has 0 spiro atoms. The number of aromatic nitrogens is 1. The molecule has 0 aliphatic rings. The molecular formula is C12H12N2O4. The number of carbonyl (C=O) groups excluding carboxylic acids is 2. The SMILES string of the molecule is CC[C@H](OC(N)=O)C(=O)c1nc2ccccc2o1. The van der Waals surface area contributed by atoms with Gasteiger partial charge in [0, 0.05) is 0 Å². The van der Waals surface area contributed by atoms with Crippen LogP contribution in [0.3, 0.4) is 0 Å². The largest absolute Gasteiger partial charge is 0.438 e. The van der Waals surface area contributed by atoms with Crippen molar-refractivity contribution < 1.29 is 18.7 Å².